The van der Waals surface area contributed by atoms with Crippen molar-refractivity contribution in [3.63, 3.8) is 0 Å². The molecule has 0 radical (unpaired) electrons. The summed E-state index contributed by atoms with van der Waals surface area (Å²) in [6, 6.07) is 17.2. The molecule has 5 nitrogen and oxygen atoms in total. The van der Waals surface area contributed by atoms with E-state index in [1.54, 1.807) is 13.0 Å². The van der Waals surface area contributed by atoms with Crippen LogP contribution < -0.4 is 10.9 Å². The predicted octanol–water partition coefficient (Wildman–Crippen LogP) is 3.38. The average molecular weight is 333 g/mol. The minimum atomic E-state index is -0.367. The van der Waals surface area contributed by atoms with Crippen LogP contribution in [0.3, 0.4) is 0 Å². The first-order valence-electron chi connectivity index (χ1n) is 8.14. The molecule has 0 spiro atoms. The van der Waals surface area contributed by atoms with Crippen molar-refractivity contribution in [3.8, 4) is 11.3 Å². The SMILES string of the molecule is CCC(=O)NNC(=O)c1cc(-c2ccc(C)cc2)nc2ccccc12. The van der Waals surface area contributed by atoms with Gasteiger partial charge < -0.3 is 0 Å². The molecule has 1 aromatic heterocycles. The maximum atomic E-state index is 12.6. The Kier molecular flexibility index (Phi) is 4.75. The first-order chi connectivity index (χ1) is 12.1. The van der Waals surface area contributed by atoms with E-state index in [1.165, 1.54) is 0 Å². The Morgan fingerprint density at radius 3 is 2.44 bits per heavy atom. The lowest BCUT2D eigenvalue weighted by Gasteiger charge is -2.11. The first kappa shape index (κ1) is 16.6. The molecule has 3 rings (SSSR count). The van der Waals surface area contributed by atoms with Gasteiger partial charge in [0, 0.05) is 17.4 Å². The number of aryl methyl sites for hydroxylation is 1. The molecule has 25 heavy (non-hydrogen) atoms. The molecule has 0 fully saturated rings. The summed E-state index contributed by atoms with van der Waals surface area (Å²) in [5.74, 6) is -0.612. The van der Waals surface area contributed by atoms with Gasteiger partial charge in [0.1, 0.15) is 0 Å². The van der Waals surface area contributed by atoms with Gasteiger partial charge in [-0.2, -0.15) is 0 Å². The minimum Gasteiger partial charge on any atom is -0.273 e. The van der Waals surface area contributed by atoms with Gasteiger partial charge in [0.05, 0.1) is 16.8 Å². The number of hydrogen-bond donors (Lipinski definition) is 2. The van der Waals surface area contributed by atoms with Gasteiger partial charge in [0.15, 0.2) is 0 Å². The summed E-state index contributed by atoms with van der Waals surface area (Å²) < 4.78 is 0. The fourth-order valence-electron chi connectivity index (χ4n) is 2.52. The fourth-order valence-corrected chi connectivity index (χ4v) is 2.52. The Hall–Kier alpha value is -3.21. The van der Waals surface area contributed by atoms with Crippen LogP contribution in [0.1, 0.15) is 29.3 Å². The third-order valence-corrected chi connectivity index (χ3v) is 3.94. The second kappa shape index (κ2) is 7.13. The molecule has 2 aromatic carbocycles. The molecule has 2 amide bonds. The quantitative estimate of drug-likeness (QED) is 0.722. The van der Waals surface area contributed by atoms with Crippen molar-refractivity contribution in [2.45, 2.75) is 20.3 Å². The maximum Gasteiger partial charge on any atom is 0.270 e. The predicted molar refractivity (Wildman–Crippen MR) is 97.8 cm³/mol. The molecule has 0 saturated heterocycles. The second-order valence-electron chi connectivity index (χ2n) is 5.79. The van der Waals surface area contributed by atoms with E-state index in [1.807, 2.05) is 55.5 Å². The fraction of sp³-hybridized carbons (Fsp3) is 0.150. The number of para-hydroxylation sites is 1. The number of hydrogen-bond acceptors (Lipinski definition) is 3. The maximum absolute atomic E-state index is 12.6. The molecular formula is C20H19N3O2. The average Bonchev–Trinajstić information content (AvgIpc) is 2.65. The number of amides is 2. The Morgan fingerprint density at radius 1 is 1.00 bits per heavy atom. The molecule has 126 valence electrons. The van der Waals surface area contributed by atoms with Gasteiger partial charge in [-0.25, -0.2) is 4.98 Å². The van der Waals surface area contributed by atoms with Crippen molar-refractivity contribution in [1.29, 1.82) is 0 Å². The molecule has 0 aliphatic rings. The Bertz CT molecular complexity index is 933. The van der Waals surface area contributed by atoms with Crippen molar-refractivity contribution in [1.82, 2.24) is 15.8 Å². The van der Waals surface area contributed by atoms with Gasteiger partial charge in [0.25, 0.3) is 5.91 Å². The summed E-state index contributed by atoms with van der Waals surface area (Å²) in [4.78, 5) is 28.6. The lowest BCUT2D eigenvalue weighted by molar-refractivity contribution is -0.121. The highest BCUT2D eigenvalue weighted by Crippen LogP contribution is 2.25. The normalized spacial score (nSPS) is 10.5. The van der Waals surface area contributed by atoms with Crippen molar-refractivity contribution in [2.75, 3.05) is 0 Å². The van der Waals surface area contributed by atoms with E-state index in [0.29, 0.717) is 17.7 Å². The van der Waals surface area contributed by atoms with Crippen LogP contribution >= 0.6 is 0 Å². The molecule has 1 heterocycles. The van der Waals surface area contributed by atoms with E-state index >= 15 is 0 Å². The van der Waals surface area contributed by atoms with Crippen LogP contribution in [-0.4, -0.2) is 16.8 Å². The summed E-state index contributed by atoms with van der Waals surface area (Å²) in [6.07, 6.45) is 0.298. The van der Waals surface area contributed by atoms with E-state index in [4.69, 9.17) is 0 Å². The molecule has 0 atom stereocenters. The zero-order chi connectivity index (χ0) is 17.8. The van der Waals surface area contributed by atoms with Crippen molar-refractivity contribution >= 4 is 22.7 Å². The molecule has 0 unspecified atom stereocenters. The number of benzene rings is 2. The van der Waals surface area contributed by atoms with Crippen molar-refractivity contribution in [3.05, 3.63) is 65.7 Å². The Morgan fingerprint density at radius 2 is 1.72 bits per heavy atom. The van der Waals surface area contributed by atoms with Crippen LogP contribution in [0.15, 0.2) is 54.6 Å². The number of fused-ring (bicyclic) bond motifs is 1. The second-order valence-corrected chi connectivity index (χ2v) is 5.79. The zero-order valence-corrected chi connectivity index (χ0v) is 14.2. The van der Waals surface area contributed by atoms with E-state index in [9.17, 15) is 9.59 Å². The van der Waals surface area contributed by atoms with Crippen molar-refractivity contribution < 1.29 is 9.59 Å². The number of hydrazine groups is 1. The van der Waals surface area contributed by atoms with Crippen LogP contribution in [0, 0.1) is 6.92 Å². The van der Waals surface area contributed by atoms with E-state index in [-0.39, 0.29) is 11.8 Å². The van der Waals surface area contributed by atoms with E-state index in [0.717, 1.165) is 22.0 Å². The number of nitrogens with zero attached hydrogens (tertiary/aromatic N) is 1. The minimum absolute atomic E-state index is 0.245. The van der Waals surface area contributed by atoms with Crippen LogP contribution in [0.4, 0.5) is 0 Å². The molecule has 0 aliphatic heterocycles. The summed E-state index contributed by atoms with van der Waals surface area (Å²) in [5, 5.41) is 0.738. The molecule has 2 N–H and O–H groups in total. The van der Waals surface area contributed by atoms with Gasteiger partial charge in [0.2, 0.25) is 5.91 Å². The summed E-state index contributed by atoms with van der Waals surface area (Å²) in [6.45, 7) is 3.74. The van der Waals surface area contributed by atoms with Gasteiger partial charge in [-0.05, 0) is 19.1 Å². The van der Waals surface area contributed by atoms with Crippen LogP contribution in [0.25, 0.3) is 22.2 Å². The topological polar surface area (TPSA) is 71.1 Å². The first-order valence-corrected chi connectivity index (χ1v) is 8.14. The Labute approximate surface area is 146 Å². The van der Waals surface area contributed by atoms with Crippen LogP contribution in [0.5, 0.6) is 0 Å². The van der Waals surface area contributed by atoms with Gasteiger partial charge in [-0.3, -0.25) is 20.4 Å². The molecule has 5 heteroatoms. The molecule has 0 bridgehead atoms. The summed E-state index contributed by atoms with van der Waals surface area (Å²) in [5.41, 5.74) is 8.87. The molecule has 3 aromatic rings. The highest BCUT2D eigenvalue weighted by Gasteiger charge is 2.14. The molecule has 0 aliphatic carbocycles. The highest BCUT2D eigenvalue weighted by molar-refractivity contribution is 6.07. The number of nitrogens with one attached hydrogen (secondary N) is 2. The third-order valence-electron chi connectivity index (χ3n) is 3.94. The van der Waals surface area contributed by atoms with Crippen LogP contribution in [0.2, 0.25) is 0 Å². The summed E-state index contributed by atoms with van der Waals surface area (Å²) in [7, 11) is 0. The number of pyridine rings is 1. The number of carbonyl (C=O) groups is 2. The zero-order valence-electron chi connectivity index (χ0n) is 14.2. The Balaban J connectivity index is 2.05. The number of carbonyl (C=O) groups excluding carboxylic acids is 2. The smallest absolute Gasteiger partial charge is 0.270 e. The lowest BCUT2D eigenvalue weighted by atomic mass is 10.0. The molecular weight excluding hydrogens is 314 g/mol. The lowest BCUT2D eigenvalue weighted by Crippen LogP contribution is -2.41. The van der Waals surface area contributed by atoms with Gasteiger partial charge in [-0.1, -0.05) is 55.0 Å². The largest absolute Gasteiger partial charge is 0.273 e. The van der Waals surface area contributed by atoms with E-state index < -0.39 is 0 Å². The van der Waals surface area contributed by atoms with Crippen LogP contribution in [-0.2, 0) is 4.79 Å². The van der Waals surface area contributed by atoms with Gasteiger partial charge in [-0.15, -0.1) is 0 Å². The van der Waals surface area contributed by atoms with E-state index in [2.05, 4.69) is 15.8 Å². The third kappa shape index (κ3) is 3.66. The molecule has 0 saturated carbocycles. The monoisotopic (exact) mass is 333 g/mol. The number of aromatic nitrogens is 1. The highest BCUT2D eigenvalue weighted by atomic mass is 16.2. The number of rotatable bonds is 3. The van der Waals surface area contributed by atoms with Gasteiger partial charge >= 0.3 is 0 Å². The standard InChI is InChI=1S/C20H19N3O2/c1-3-19(24)22-23-20(25)16-12-18(14-10-8-13(2)9-11-14)21-17-7-5-4-6-15(16)17/h4-12H,3H2,1-2H3,(H,22,24)(H,23,25). The summed E-state index contributed by atoms with van der Waals surface area (Å²) >= 11 is 0. The van der Waals surface area contributed by atoms with Crippen molar-refractivity contribution in [2.24, 2.45) is 0 Å².